The Bertz CT molecular complexity index is 320. The Morgan fingerprint density at radius 1 is 1.04 bits per heavy atom. The fourth-order valence-corrected chi connectivity index (χ4v) is 2.19. The van der Waals surface area contributed by atoms with Crippen LogP contribution >= 0.6 is 0 Å². The molecule has 0 aliphatic heterocycles. The topological polar surface area (TPSA) is 55.1 Å². The first-order chi connectivity index (χ1) is 12.3. The zero-order chi connectivity index (χ0) is 20.8. The van der Waals surface area contributed by atoms with Gasteiger partial charge in [-0.05, 0) is 38.3 Å². The maximum Gasteiger partial charge on any atom is 0.133 e. The van der Waals surface area contributed by atoms with Gasteiger partial charge in [-0.25, -0.2) is 0 Å². The normalized spacial score (nSPS) is 10.7. The molecule has 0 radical (unpaired) electrons. The summed E-state index contributed by atoms with van der Waals surface area (Å²) in [5.74, 6) is 1.12. The van der Waals surface area contributed by atoms with E-state index < -0.39 is 0 Å². The summed E-state index contributed by atoms with van der Waals surface area (Å²) in [4.78, 5) is 11.1. The molecule has 3 nitrogen and oxygen atoms in total. The minimum absolute atomic E-state index is 0.0995. The standard InChI is InChI=1S/C10H19NO.C7H15N.C6H14/c1-4-5-6-10(9(3)12)7-8(2)11;1-4-8-6-5-7(2)3;1-3-5-6-4-2/h10H,2,4-7,11H2,1,3H3;4,7-8H,1,5-6H2,2-3H3;3-6H2,1-2H3. The molecule has 1 atom stereocenters. The van der Waals surface area contributed by atoms with Crippen molar-refractivity contribution in [2.24, 2.45) is 17.6 Å². The van der Waals surface area contributed by atoms with Crippen molar-refractivity contribution in [3.63, 3.8) is 0 Å². The van der Waals surface area contributed by atoms with Gasteiger partial charge in [0, 0.05) is 18.2 Å². The number of nitrogens with one attached hydrogen (secondary N) is 1. The van der Waals surface area contributed by atoms with Crippen molar-refractivity contribution in [1.82, 2.24) is 5.32 Å². The van der Waals surface area contributed by atoms with E-state index in [-0.39, 0.29) is 11.7 Å². The molecule has 0 fully saturated rings. The number of carbonyl (C=O) groups excluding carboxylic acids is 1. The molecular weight excluding hydrogens is 320 g/mol. The first-order valence-electron chi connectivity index (χ1n) is 10.5. The molecule has 0 saturated heterocycles. The minimum atomic E-state index is 0.0995. The maximum atomic E-state index is 11.1. The van der Waals surface area contributed by atoms with Gasteiger partial charge in [0.05, 0.1) is 0 Å². The van der Waals surface area contributed by atoms with E-state index in [0.717, 1.165) is 31.7 Å². The lowest BCUT2D eigenvalue weighted by Gasteiger charge is -2.12. The highest BCUT2D eigenvalue weighted by molar-refractivity contribution is 5.78. The van der Waals surface area contributed by atoms with Crippen molar-refractivity contribution >= 4 is 5.78 Å². The summed E-state index contributed by atoms with van der Waals surface area (Å²) in [6, 6.07) is 0. The molecule has 0 aliphatic carbocycles. The molecule has 0 aliphatic rings. The van der Waals surface area contributed by atoms with Crippen molar-refractivity contribution < 1.29 is 4.79 Å². The van der Waals surface area contributed by atoms with Gasteiger partial charge in [0.2, 0.25) is 0 Å². The van der Waals surface area contributed by atoms with Crippen LogP contribution in [0.5, 0.6) is 0 Å². The lowest BCUT2D eigenvalue weighted by molar-refractivity contribution is -0.120. The fraction of sp³-hybridized carbons (Fsp3) is 0.783. The van der Waals surface area contributed by atoms with E-state index in [2.05, 4.69) is 53.1 Å². The third-order valence-electron chi connectivity index (χ3n) is 3.96. The van der Waals surface area contributed by atoms with Gasteiger partial charge in [-0.1, -0.05) is 86.3 Å². The predicted octanol–water partition coefficient (Wildman–Crippen LogP) is 6.60. The van der Waals surface area contributed by atoms with E-state index in [9.17, 15) is 4.79 Å². The molecule has 1 unspecified atom stereocenters. The average molecular weight is 369 g/mol. The molecule has 0 aromatic heterocycles. The van der Waals surface area contributed by atoms with Gasteiger partial charge in [0.25, 0.3) is 0 Å². The van der Waals surface area contributed by atoms with Gasteiger partial charge >= 0.3 is 0 Å². The number of carbonyl (C=O) groups is 1. The summed E-state index contributed by atoms with van der Waals surface area (Å²) in [6.07, 6.45) is 12.3. The summed E-state index contributed by atoms with van der Waals surface area (Å²) in [6.45, 7) is 20.9. The van der Waals surface area contributed by atoms with E-state index in [4.69, 9.17) is 5.73 Å². The number of Topliss-reactive ketones (excluding diaryl/α,β-unsaturated/α-hetero) is 1. The summed E-state index contributed by atoms with van der Waals surface area (Å²) < 4.78 is 0. The molecule has 0 saturated carbocycles. The lowest BCUT2D eigenvalue weighted by atomic mass is 9.94. The van der Waals surface area contributed by atoms with Gasteiger partial charge in [-0.15, -0.1) is 0 Å². The molecule has 0 amide bonds. The van der Waals surface area contributed by atoms with Crippen LogP contribution in [-0.4, -0.2) is 12.3 Å². The Labute approximate surface area is 164 Å². The predicted molar refractivity (Wildman–Crippen MR) is 119 cm³/mol. The van der Waals surface area contributed by atoms with Crippen molar-refractivity contribution in [3.8, 4) is 0 Å². The Balaban J connectivity index is -0.000000328. The molecule has 3 heteroatoms. The number of hydrogen-bond acceptors (Lipinski definition) is 3. The maximum absolute atomic E-state index is 11.1. The molecule has 26 heavy (non-hydrogen) atoms. The Morgan fingerprint density at radius 3 is 1.85 bits per heavy atom. The summed E-state index contributed by atoms with van der Waals surface area (Å²) in [5.41, 5.74) is 6.07. The zero-order valence-electron chi connectivity index (χ0n) is 18.7. The third kappa shape index (κ3) is 30.6. The molecule has 0 bridgehead atoms. The number of hydrogen-bond donors (Lipinski definition) is 2. The summed E-state index contributed by atoms with van der Waals surface area (Å²) in [7, 11) is 0. The fourth-order valence-electron chi connectivity index (χ4n) is 2.19. The monoisotopic (exact) mass is 368 g/mol. The Morgan fingerprint density at radius 2 is 1.54 bits per heavy atom. The molecule has 0 heterocycles. The number of nitrogens with two attached hydrogens (primary N) is 1. The second-order valence-corrected chi connectivity index (χ2v) is 7.36. The first kappa shape index (κ1) is 29.5. The van der Waals surface area contributed by atoms with E-state index in [0.29, 0.717) is 12.1 Å². The van der Waals surface area contributed by atoms with Gasteiger partial charge in [0.15, 0.2) is 0 Å². The van der Waals surface area contributed by atoms with E-state index in [1.54, 1.807) is 13.1 Å². The van der Waals surface area contributed by atoms with Crippen molar-refractivity contribution in [2.75, 3.05) is 6.54 Å². The third-order valence-corrected chi connectivity index (χ3v) is 3.96. The smallest absolute Gasteiger partial charge is 0.133 e. The zero-order valence-corrected chi connectivity index (χ0v) is 18.7. The Kier molecular flexibility index (Phi) is 27.0. The Hall–Kier alpha value is -1.25. The van der Waals surface area contributed by atoms with Crippen LogP contribution in [0.1, 0.15) is 99.3 Å². The van der Waals surface area contributed by atoms with Gasteiger partial charge in [0.1, 0.15) is 5.78 Å². The highest BCUT2D eigenvalue weighted by Gasteiger charge is 2.13. The number of allylic oxidation sites excluding steroid dienone is 1. The van der Waals surface area contributed by atoms with Gasteiger partial charge < -0.3 is 11.1 Å². The number of rotatable bonds is 13. The molecule has 156 valence electrons. The largest absolute Gasteiger partial charge is 0.402 e. The second-order valence-electron chi connectivity index (χ2n) is 7.36. The number of ketones is 1. The van der Waals surface area contributed by atoms with Crippen molar-refractivity contribution in [3.05, 3.63) is 25.1 Å². The van der Waals surface area contributed by atoms with Crippen LogP contribution in [0.25, 0.3) is 0 Å². The number of unbranched alkanes of at least 4 members (excludes halogenated alkanes) is 4. The van der Waals surface area contributed by atoms with Crippen LogP contribution in [0, 0.1) is 11.8 Å². The van der Waals surface area contributed by atoms with Crippen LogP contribution < -0.4 is 11.1 Å². The molecule has 0 spiro atoms. The van der Waals surface area contributed by atoms with Crippen molar-refractivity contribution in [2.45, 2.75) is 99.3 Å². The van der Waals surface area contributed by atoms with E-state index in [1.807, 2.05) is 0 Å². The average Bonchev–Trinajstić information content (AvgIpc) is 2.57. The van der Waals surface area contributed by atoms with Gasteiger partial charge in [-0.3, -0.25) is 4.79 Å². The quantitative estimate of drug-likeness (QED) is 0.360. The molecular formula is C23H48N2O. The molecule has 0 aromatic rings. The van der Waals surface area contributed by atoms with Gasteiger partial charge in [-0.2, -0.15) is 0 Å². The van der Waals surface area contributed by atoms with E-state index >= 15 is 0 Å². The molecule has 0 aromatic carbocycles. The van der Waals surface area contributed by atoms with Crippen molar-refractivity contribution in [1.29, 1.82) is 0 Å². The highest BCUT2D eigenvalue weighted by atomic mass is 16.1. The summed E-state index contributed by atoms with van der Waals surface area (Å²) in [5, 5.41) is 3.04. The minimum Gasteiger partial charge on any atom is -0.402 e. The van der Waals surface area contributed by atoms with Crippen LogP contribution in [0.2, 0.25) is 0 Å². The summed E-state index contributed by atoms with van der Waals surface area (Å²) >= 11 is 0. The van der Waals surface area contributed by atoms with E-state index in [1.165, 1.54) is 32.1 Å². The molecule has 0 rings (SSSR count). The second kappa shape index (κ2) is 23.8. The highest BCUT2D eigenvalue weighted by Crippen LogP contribution is 2.15. The van der Waals surface area contributed by atoms with Crippen LogP contribution in [0.4, 0.5) is 0 Å². The lowest BCUT2D eigenvalue weighted by Crippen LogP contribution is -2.14. The van der Waals surface area contributed by atoms with Crippen LogP contribution in [0.3, 0.4) is 0 Å². The van der Waals surface area contributed by atoms with Crippen LogP contribution in [0.15, 0.2) is 25.1 Å². The molecule has 3 N–H and O–H groups in total. The first-order valence-corrected chi connectivity index (χ1v) is 10.5. The SMILES string of the molecule is C=C(N)CC(CCCC)C(C)=O.C=CNCCC(C)C.CCCCCC. The van der Waals surface area contributed by atoms with Crippen LogP contribution in [-0.2, 0) is 4.79 Å².